The number of aromatic nitrogens is 2. The summed E-state index contributed by atoms with van der Waals surface area (Å²) in [5.41, 5.74) is 0.944. The number of anilines is 1. The Bertz CT molecular complexity index is 954. The molecule has 1 fully saturated rings. The Morgan fingerprint density at radius 1 is 1.21 bits per heavy atom. The van der Waals surface area contributed by atoms with Gasteiger partial charge in [-0.05, 0) is 30.0 Å². The second kappa shape index (κ2) is 9.33. The van der Waals surface area contributed by atoms with Gasteiger partial charge >= 0.3 is 5.97 Å². The van der Waals surface area contributed by atoms with Crippen molar-refractivity contribution in [2.75, 3.05) is 31.2 Å². The largest absolute Gasteiger partial charge is 0.427 e. The molecule has 1 saturated heterocycles. The monoisotopic (exact) mass is 411 g/mol. The van der Waals surface area contributed by atoms with Gasteiger partial charge in [0.2, 0.25) is 0 Å². The Morgan fingerprint density at radius 3 is 2.76 bits per heavy atom. The highest BCUT2D eigenvalue weighted by atomic mass is 32.1. The van der Waals surface area contributed by atoms with Crippen LogP contribution in [0.2, 0.25) is 0 Å². The fourth-order valence-electron chi connectivity index (χ4n) is 3.57. The topological polar surface area (TPSA) is 64.5 Å². The van der Waals surface area contributed by atoms with Crippen LogP contribution in [0.15, 0.2) is 41.8 Å². The standard InChI is InChI=1S/C22H25N3O3S/c1-2-6-16(15-19(26)28-17-7-4-3-5-8-17)21-23-18-9-14-29-20(18)22(24-21)25-10-12-27-13-11-25/h3-5,7-9,14,16H,2,6,10-13,15H2,1H3. The van der Waals surface area contributed by atoms with Crippen molar-refractivity contribution >= 4 is 33.3 Å². The highest BCUT2D eigenvalue weighted by molar-refractivity contribution is 7.17. The van der Waals surface area contributed by atoms with Gasteiger partial charge in [-0.1, -0.05) is 31.5 Å². The number of nitrogens with zero attached hydrogens (tertiary/aromatic N) is 3. The second-order valence-corrected chi connectivity index (χ2v) is 8.03. The Kier molecular flexibility index (Phi) is 6.36. The number of hydrogen-bond donors (Lipinski definition) is 0. The molecule has 0 N–H and O–H groups in total. The van der Waals surface area contributed by atoms with Crippen LogP contribution in [0, 0.1) is 0 Å². The van der Waals surface area contributed by atoms with Gasteiger partial charge in [0.1, 0.15) is 11.6 Å². The number of esters is 1. The smallest absolute Gasteiger partial charge is 0.311 e. The van der Waals surface area contributed by atoms with Crippen molar-refractivity contribution in [3.63, 3.8) is 0 Å². The SMILES string of the molecule is CCCC(CC(=O)Oc1ccccc1)c1nc(N2CCOCC2)c2sccc2n1. The number of thiophene rings is 1. The number of fused-ring (bicyclic) bond motifs is 1. The van der Waals surface area contributed by atoms with Crippen LogP contribution in [-0.2, 0) is 9.53 Å². The van der Waals surface area contributed by atoms with Gasteiger partial charge in [0, 0.05) is 19.0 Å². The third-order valence-corrected chi connectivity index (χ3v) is 5.90. The van der Waals surface area contributed by atoms with E-state index >= 15 is 0 Å². The summed E-state index contributed by atoms with van der Waals surface area (Å²) in [5, 5.41) is 2.05. The second-order valence-electron chi connectivity index (χ2n) is 7.12. The summed E-state index contributed by atoms with van der Waals surface area (Å²) in [6.45, 7) is 5.15. The fraction of sp³-hybridized carbons (Fsp3) is 0.409. The van der Waals surface area contributed by atoms with Crippen LogP contribution in [0.25, 0.3) is 10.2 Å². The molecule has 1 aliphatic rings. The van der Waals surface area contributed by atoms with Crippen LogP contribution < -0.4 is 9.64 Å². The maximum atomic E-state index is 12.6. The summed E-state index contributed by atoms with van der Waals surface area (Å²) >= 11 is 1.66. The van der Waals surface area contributed by atoms with Gasteiger partial charge in [0.15, 0.2) is 5.82 Å². The molecule has 2 aromatic heterocycles. The highest BCUT2D eigenvalue weighted by Gasteiger charge is 2.24. The number of carbonyl (C=O) groups is 1. The van der Waals surface area contributed by atoms with Crippen molar-refractivity contribution in [1.29, 1.82) is 0 Å². The van der Waals surface area contributed by atoms with Gasteiger partial charge < -0.3 is 14.4 Å². The molecule has 1 aromatic carbocycles. The average Bonchev–Trinajstić information content (AvgIpc) is 3.23. The minimum absolute atomic E-state index is 0.0692. The molecule has 0 bridgehead atoms. The number of morpholine rings is 1. The van der Waals surface area contributed by atoms with Crippen LogP contribution >= 0.6 is 11.3 Å². The molecule has 0 aliphatic carbocycles. The van der Waals surface area contributed by atoms with Crippen LogP contribution in [-0.4, -0.2) is 42.2 Å². The van der Waals surface area contributed by atoms with Crippen LogP contribution in [0.5, 0.6) is 5.75 Å². The van der Waals surface area contributed by atoms with Gasteiger partial charge in [-0.15, -0.1) is 11.3 Å². The lowest BCUT2D eigenvalue weighted by Gasteiger charge is -2.28. The highest BCUT2D eigenvalue weighted by Crippen LogP contribution is 2.33. The van der Waals surface area contributed by atoms with E-state index in [1.54, 1.807) is 23.5 Å². The summed E-state index contributed by atoms with van der Waals surface area (Å²) in [6.07, 6.45) is 2.05. The molecule has 3 aromatic rings. The van der Waals surface area contributed by atoms with E-state index in [2.05, 4.69) is 11.8 Å². The lowest BCUT2D eigenvalue weighted by atomic mass is 9.98. The normalized spacial score (nSPS) is 15.4. The molecule has 6 nitrogen and oxygen atoms in total. The Morgan fingerprint density at radius 2 is 2.00 bits per heavy atom. The lowest BCUT2D eigenvalue weighted by molar-refractivity contribution is -0.134. The molecule has 1 aliphatic heterocycles. The first kappa shape index (κ1) is 19.8. The van der Waals surface area contributed by atoms with Crippen molar-refractivity contribution in [3.05, 3.63) is 47.6 Å². The molecule has 4 rings (SSSR count). The minimum Gasteiger partial charge on any atom is -0.427 e. The number of carbonyl (C=O) groups excluding carboxylic acids is 1. The van der Waals surface area contributed by atoms with Crippen LogP contribution in [0.4, 0.5) is 5.82 Å². The maximum absolute atomic E-state index is 12.6. The van der Waals surface area contributed by atoms with Gasteiger partial charge in [-0.3, -0.25) is 4.79 Å². The minimum atomic E-state index is -0.253. The average molecular weight is 412 g/mol. The zero-order valence-electron chi connectivity index (χ0n) is 16.5. The number of rotatable bonds is 7. The van der Waals surface area contributed by atoms with Gasteiger partial charge in [-0.2, -0.15) is 0 Å². The molecule has 0 saturated carbocycles. The van der Waals surface area contributed by atoms with Crippen LogP contribution in [0.1, 0.15) is 37.9 Å². The first-order valence-electron chi connectivity index (χ1n) is 10.1. The zero-order valence-corrected chi connectivity index (χ0v) is 17.4. The molecule has 1 unspecified atom stereocenters. The zero-order chi connectivity index (χ0) is 20.1. The molecule has 29 heavy (non-hydrogen) atoms. The molecule has 0 amide bonds. The van der Waals surface area contributed by atoms with Crippen molar-refractivity contribution in [1.82, 2.24) is 9.97 Å². The van der Waals surface area contributed by atoms with E-state index in [4.69, 9.17) is 19.4 Å². The van der Waals surface area contributed by atoms with Crippen molar-refractivity contribution in [3.8, 4) is 5.75 Å². The summed E-state index contributed by atoms with van der Waals surface area (Å²) in [5.74, 6) is 1.93. The van der Waals surface area contributed by atoms with E-state index in [0.29, 0.717) is 19.0 Å². The summed E-state index contributed by atoms with van der Waals surface area (Å²) in [7, 11) is 0. The van der Waals surface area contributed by atoms with Gasteiger partial charge in [0.25, 0.3) is 0 Å². The molecule has 1 atom stereocenters. The molecular formula is C22H25N3O3S. The summed E-state index contributed by atoms with van der Waals surface area (Å²) in [4.78, 5) is 24.6. The van der Waals surface area contributed by atoms with Crippen molar-refractivity contribution < 1.29 is 14.3 Å². The fourth-order valence-corrected chi connectivity index (χ4v) is 4.42. The van der Waals surface area contributed by atoms with Gasteiger partial charge in [-0.25, -0.2) is 9.97 Å². The molecule has 0 radical (unpaired) electrons. The number of benzene rings is 1. The summed E-state index contributed by atoms with van der Waals surface area (Å²) in [6, 6.07) is 11.2. The summed E-state index contributed by atoms with van der Waals surface area (Å²) < 4.78 is 12.1. The van der Waals surface area contributed by atoms with E-state index in [1.165, 1.54) is 0 Å². The molecule has 0 spiro atoms. The molecule has 3 heterocycles. The third-order valence-electron chi connectivity index (χ3n) is 5.00. The first-order chi connectivity index (χ1) is 14.2. The quantitative estimate of drug-likeness (QED) is 0.424. The molecule has 7 heteroatoms. The van der Waals surface area contributed by atoms with E-state index in [9.17, 15) is 4.79 Å². The first-order valence-corrected chi connectivity index (χ1v) is 11.0. The Labute approximate surface area is 174 Å². The van der Waals surface area contributed by atoms with E-state index in [-0.39, 0.29) is 18.3 Å². The third kappa shape index (κ3) is 4.74. The number of hydrogen-bond acceptors (Lipinski definition) is 7. The number of para-hydroxylation sites is 1. The van der Waals surface area contributed by atoms with E-state index < -0.39 is 0 Å². The predicted octanol–water partition coefficient (Wildman–Crippen LogP) is 4.41. The maximum Gasteiger partial charge on any atom is 0.311 e. The van der Waals surface area contributed by atoms with Crippen molar-refractivity contribution in [2.24, 2.45) is 0 Å². The predicted molar refractivity (Wildman–Crippen MR) is 115 cm³/mol. The van der Waals surface area contributed by atoms with Crippen LogP contribution in [0.3, 0.4) is 0 Å². The van der Waals surface area contributed by atoms with E-state index in [1.807, 2.05) is 29.6 Å². The Balaban J connectivity index is 1.60. The van der Waals surface area contributed by atoms with Gasteiger partial charge in [0.05, 0.1) is 29.9 Å². The molecular weight excluding hydrogens is 386 g/mol. The van der Waals surface area contributed by atoms with Crippen molar-refractivity contribution in [2.45, 2.75) is 32.1 Å². The van der Waals surface area contributed by atoms with E-state index in [0.717, 1.165) is 47.8 Å². The number of ether oxygens (including phenoxy) is 2. The molecule has 152 valence electrons. The Hall–Kier alpha value is -2.51. The lowest BCUT2D eigenvalue weighted by Crippen LogP contribution is -2.37.